The monoisotopic (exact) mass is 539 g/mol. The summed E-state index contributed by atoms with van der Waals surface area (Å²) in [6.45, 7) is 1.09. The van der Waals surface area contributed by atoms with Gasteiger partial charge in [-0.1, -0.05) is 29.4 Å². The number of carbonyl (C=O) groups excluding carboxylic acids is 1. The lowest BCUT2D eigenvalue weighted by Gasteiger charge is -2.19. The van der Waals surface area contributed by atoms with Gasteiger partial charge in [-0.15, -0.1) is 11.8 Å². The Hall–Kier alpha value is -4.25. The minimum atomic E-state index is -1.17. The maximum absolute atomic E-state index is 13.8. The number of halogens is 2. The summed E-state index contributed by atoms with van der Waals surface area (Å²) in [5.41, 5.74) is 2.27. The largest absolute Gasteiger partial charge is 0.489 e. The van der Waals surface area contributed by atoms with Crippen LogP contribution in [0.15, 0.2) is 70.1 Å². The molecule has 1 aromatic heterocycles. The highest BCUT2D eigenvalue weighted by atomic mass is 32.2. The fourth-order valence-corrected chi connectivity index (χ4v) is 4.35. The number of carboxylic acids is 1. The van der Waals surface area contributed by atoms with Gasteiger partial charge >= 0.3 is 5.97 Å². The van der Waals surface area contributed by atoms with Gasteiger partial charge < -0.3 is 19.3 Å². The van der Waals surface area contributed by atoms with E-state index in [0.29, 0.717) is 33.2 Å². The van der Waals surface area contributed by atoms with Crippen LogP contribution >= 0.6 is 11.8 Å². The summed E-state index contributed by atoms with van der Waals surface area (Å²) in [5, 5.41) is 13.0. The summed E-state index contributed by atoms with van der Waals surface area (Å²) in [6.07, 6.45) is 1.79. The average molecular weight is 540 g/mol. The van der Waals surface area contributed by atoms with E-state index in [-0.39, 0.29) is 24.5 Å². The minimum Gasteiger partial charge on any atom is -0.489 e. The SMILES string of the molecule is CSc1cc(F)c(F)cc1-c1ccc(OCc2cccc(C(=O)N(CC(=O)O)Cc3noc(C)n3)c2)cc1. The first kappa shape index (κ1) is 26.8. The third kappa shape index (κ3) is 6.54. The maximum atomic E-state index is 13.8. The van der Waals surface area contributed by atoms with Crippen molar-refractivity contribution in [2.24, 2.45) is 0 Å². The second kappa shape index (κ2) is 11.9. The van der Waals surface area contributed by atoms with Crippen LogP contribution in [0, 0.1) is 18.6 Å². The molecule has 1 N–H and O–H groups in total. The van der Waals surface area contributed by atoms with E-state index in [1.165, 1.54) is 23.9 Å². The molecule has 0 spiro atoms. The van der Waals surface area contributed by atoms with Crippen molar-refractivity contribution in [3.05, 3.63) is 95.1 Å². The molecule has 8 nitrogen and oxygen atoms in total. The molecule has 3 aromatic carbocycles. The lowest BCUT2D eigenvalue weighted by molar-refractivity contribution is -0.137. The number of hydrogen-bond donors (Lipinski definition) is 1. The van der Waals surface area contributed by atoms with Crippen molar-refractivity contribution in [3.8, 4) is 16.9 Å². The van der Waals surface area contributed by atoms with Crippen molar-refractivity contribution in [3.63, 3.8) is 0 Å². The van der Waals surface area contributed by atoms with Crippen LogP contribution in [-0.2, 0) is 17.9 Å². The van der Waals surface area contributed by atoms with Crippen LogP contribution in [0.5, 0.6) is 5.75 Å². The Morgan fingerprint density at radius 2 is 1.82 bits per heavy atom. The topological polar surface area (TPSA) is 106 Å². The molecule has 196 valence electrons. The standard InChI is InChI=1S/C27H23F2N3O5S/c1-16-30-25(31-37-16)13-32(14-26(33)34)27(35)19-5-3-4-17(10-19)15-36-20-8-6-18(7-9-20)21-11-22(28)23(29)12-24(21)38-2/h3-12H,13-15H2,1-2H3,(H,33,34). The number of nitrogens with zero attached hydrogens (tertiary/aromatic N) is 3. The molecular weight excluding hydrogens is 516 g/mol. The first-order valence-corrected chi connectivity index (χ1v) is 12.6. The Kier molecular flexibility index (Phi) is 8.37. The summed E-state index contributed by atoms with van der Waals surface area (Å²) in [7, 11) is 0. The Balaban J connectivity index is 1.45. The van der Waals surface area contributed by atoms with E-state index in [0.717, 1.165) is 4.90 Å². The van der Waals surface area contributed by atoms with Gasteiger partial charge in [-0.2, -0.15) is 4.98 Å². The molecule has 0 radical (unpaired) electrons. The summed E-state index contributed by atoms with van der Waals surface area (Å²) >= 11 is 1.32. The van der Waals surface area contributed by atoms with E-state index in [4.69, 9.17) is 9.26 Å². The van der Waals surface area contributed by atoms with Crippen molar-refractivity contribution in [1.82, 2.24) is 15.0 Å². The lowest BCUT2D eigenvalue weighted by atomic mass is 10.1. The predicted molar refractivity (Wildman–Crippen MR) is 136 cm³/mol. The van der Waals surface area contributed by atoms with Crippen molar-refractivity contribution in [2.75, 3.05) is 12.8 Å². The van der Waals surface area contributed by atoms with Crippen LogP contribution in [0.2, 0.25) is 0 Å². The number of thioether (sulfide) groups is 1. The first-order chi connectivity index (χ1) is 18.2. The molecule has 0 bridgehead atoms. The molecule has 38 heavy (non-hydrogen) atoms. The number of aromatic nitrogens is 2. The fourth-order valence-electron chi connectivity index (χ4n) is 3.74. The van der Waals surface area contributed by atoms with Crippen LogP contribution in [-0.4, -0.2) is 44.8 Å². The van der Waals surface area contributed by atoms with Crippen LogP contribution < -0.4 is 4.74 Å². The van der Waals surface area contributed by atoms with E-state index >= 15 is 0 Å². The van der Waals surface area contributed by atoms with Crippen LogP contribution in [0.4, 0.5) is 8.78 Å². The van der Waals surface area contributed by atoms with Crippen LogP contribution in [0.1, 0.15) is 27.6 Å². The Morgan fingerprint density at radius 1 is 1.08 bits per heavy atom. The van der Waals surface area contributed by atoms with Gasteiger partial charge in [0, 0.05) is 17.4 Å². The highest BCUT2D eigenvalue weighted by Crippen LogP contribution is 2.33. The van der Waals surface area contributed by atoms with E-state index in [1.54, 1.807) is 61.7 Å². The van der Waals surface area contributed by atoms with Crippen molar-refractivity contribution >= 4 is 23.6 Å². The zero-order valence-electron chi connectivity index (χ0n) is 20.5. The van der Waals surface area contributed by atoms with Crippen LogP contribution in [0.3, 0.4) is 0 Å². The number of aryl methyl sites for hydroxylation is 1. The number of hydrogen-bond acceptors (Lipinski definition) is 7. The number of carbonyl (C=O) groups is 2. The van der Waals surface area contributed by atoms with Gasteiger partial charge in [0.2, 0.25) is 5.89 Å². The van der Waals surface area contributed by atoms with E-state index in [2.05, 4.69) is 10.1 Å². The number of aliphatic carboxylic acids is 1. The number of benzene rings is 3. The second-order valence-corrected chi connectivity index (χ2v) is 9.11. The van der Waals surface area contributed by atoms with Crippen LogP contribution in [0.25, 0.3) is 11.1 Å². The second-order valence-electron chi connectivity index (χ2n) is 8.26. The molecular formula is C27H23F2N3O5S. The minimum absolute atomic E-state index is 0.119. The average Bonchev–Trinajstić information content (AvgIpc) is 3.32. The molecule has 0 aliphatic carbocycles. The van der Waals surface area contributed by atoms with Crippen molar-refractivity contribution in [1.29, 1.82) is 0 Å². The fraction of sp³-hybridized carbons (Fsp3) is 0.185. The van der Waals surface area contributed by atoms with E-state index in [1.807, 2.05) is 0 Å². The summed E-state index contributed by atoms with van der Waals surface area (Å²) in [5.74, 6) is -2.43. The molecule has 1 heterocycles. The zero-order valence-corrected chi connectivity index (χ0v) is 21.3. The molecule has 0 atom stereocenters. The molecule has 0 aliphatic heterocycles. The van der Waals surface area contributed by atoms with E-state index in [9.17, 15) is 23.5 Å². The van der Waals surface area contributed by atoms with Gasteiger partial charge in [-0.25, -0.2) is 8.78 Å². The molecule has 0 saturated heterocycles. The molecule has 4 aromatic rings. The zero-order chi connectivity index (χ0) is 27.2. The Morgan fingerprint density at radius 3 is 2.47 bits per heavy atom. The van der Waals surface area contributed by atoms with Gasteiger partial charge in [-0.3, -0.25) is 9.59 Å². The highest BCUT2D eigenvalue weighted by molar-refractivity contribution is 7.98. The number of carboxylic acid groups (broad SMARTS) is 1. The summed E-state index contributed by atoms with van der Waals surface area (Å²) < 4.78 is 38.2. The Bertz CT molecular complexity index is 1460. The maximum Gasteiger partial charge on any atom is 0.323 e. The quantitative estimate of drug-likeness (QED) is 0.269. The van der Waals surface area contributed by atoms with Crippen molar-refractivity contribution < 1.29 is 32.7 Å². The van der Waals surface area contributed by atoms with Gasteiger partial charge in [0.15, 0.2) is 17.5 Å². The predicted octanol–water partition coefficient (Wildman–Crippen LogP) is 5.35. The molecule has 0 saturated carbocycles. The molecule has 0 fully saturated rings. The van der Waals surface area contributed by atoms with E-state index < -0.39 is 30.1 Å². The molecule has 0 unspecified atom stereocenters. The molecule has 1 amide bonds. The lowest BCUT2D eigenvalue weighted by Crippen LogP contribution is -2.35. The third-order valence-corrected chi connectivity index (χ3v) is 6.28. The molecule has 4 rings (SSSR count). The van der Waals surface area contributed by atoms with Gasteiger partial charge in [0.1, 0.15) is 18.9 Å². The van der Waals surface area contributed by atoms with Gasteiger partial charge in [-0.05, 0) is 59.3 Å². The summed E-state index contributed by atoms with van der Waals surface area (Å²) in [4.78, 5) is 30.2. The van der Waals surface area contributed by atoms with Gasteiger partial charge in [0.05, 0.1) is 6.54 Å². The number of amides is 1. The third-order valence-electron chi connectivity index (χ3n) is 5.50. The first-order valence-electron chi connectivity index (χ1n) is 11.4. The van der Waals surface area contributed by atoms with Gasteiger partial charge in [0.25, 0.3) is 5.91 Å². The summed E-state index contributed by atoms with van der Waals surface area (Å²) in [6, 6.07) is 16.0. The number of rotatable bonds is 10. The molecule has 11 heteroatoms. The molecule has 0 aliphatic rings. The van der Waals surface area contributed by atoms with Crippen molar-refractivity contribution in [2.45, 2.75) is 25.0 Å². The smallest absolute Gasteiger partial charge is 0.323 e. The Labute approximate surface area is 221 Å². The normalized spacial score (nSPS) is 10.8. The highest BCUT2D eigenvalue weighted by Gasteiger charge is 2.21. The number of ether oxygens (including phenoxy) is 1.